The van der Waals surface area contributed by atoms with Gasteiger partial charge in [-0.25, -0.2) is 8.78 Å². The fraction of sp³-hybridized carbons (Fsp3) is 0.231. The van der Waals surface area contributed by atoms with Crippen LogP contribution >= 0.6 is 0 Å². The molecule has 1 heterocycles. The molecule has 1 N–H and O–H groups in total. The monoisotopic (exact) mass is 262 g/mol. The van der Waals surface area contributed by atoms with Crippen molar-refractivity contribution in [2.45, 2.75) is 19.5 Å². The summed E-state index contributed by atoms with van der Waals surface area (Å²) in [6, 6.07) is 5.85. The number of nitriles is 1. The van der Waals surface area contributed by atoms with E-state index in [1.165, 1.54) is 12.1 Å². The molecule has 0 radical (unpaired) electrons. The lowest BCUT2D eigenvalue weighted by Crippen LogP contribution is -2.23. The van der Waals surface area contributed by atoms with Crippen molar-refractivity contribution in [1.29, 1.82) is 5.26 Å². The fourth-order valence-electron chi connectivity index (χ4n) is 1.75. The molecule has 0 saturated carbocycles. The first-order chi connectivity index (χ1) is 9.11. The molecule has 0 saturated heterocycles. The minimum absolute atomic E-state index is 0.0381. The Labute approximate surface area is 109 Å². The molecule has 98 valence electrons. The van der Waals surface area contributed by atoms with Crippen LogP contribution in [0.25, 0.3) is 0 Å². The molecule has 1 aromatic heterocycles. The molecule has 19 heavy (non-hydrogen) atoms. The third-order valence-corrected chi connectivity index (χ3v) is 2.62. The summed E-state index contributed by atoms with van der Waals surface area (Å²) in [5, 5.41) is 15.5. The minimum Gasteiger partial charge on any atom is -0.378 e. The van der Waals surface area contributed by atoms with Crippen LogP contribution in [0.3, 0.4) is 0 Å². The van der Waals surface area contributed by atoms with E-state index in [4.69, 9.17) is 5.26 Å². The molecule has 0 spiro atoms. The first kappa shape index (κ1) is 13.0. The summed E-state index contributed by atoms with van der Waals surface area (Å²) in [4.78, 5) is 0. The van der Waals surface area contributed by atoms with Crippen LogP contribution in [0, 0.1) is 23.0 Å². The van der Waals surface area contributed by atoms with Crippen molar-refractivity contribution in [2.24, 2.45) is 0 Å². The van der Waals surface area contributed by atoms with Gasteiger partial charge in [0, 0.05) is 18.4 Å². The van der Waals surface area contributed by atoms with Crippen molar-refractivity contribution < 1.29 is 8.78 Å². The molecule has 0 fully saturated rings. The zero-order chi connectivity index (χ0) is 13.8. The second-order valence-corrected chi connectivity index (χ2v) is 4.17. The van der Waals surface area contributed by atoms with E-state index < -0.39 is 11.6 Å². The lowest BCUT2D eigenvalue weighted by Gasteiger charge is -2.16. The average molecular weight is 262 g/mol. The molecule has 6 heteroatoms. The summed E-state index contributed by atoms with van der Waals surface area (Å²) in [7, 11) is 0. The maximum atomic E-state index is 13.7. The van der Waals surface area contributed by atoms with E-state index in [2.05, 4.69) is 10.4 Å². The van der Waals surface area contributed by atoms with Gasteiger partial charge < -0.3 is 5.32 Å². The van der Waals surface area contributed by atoms with Crippen LogP contribution in [0.2, 0.25) is 0 Å². The Morgan fingerprint density at radius 3 is 2.84 bits per heavy atom. The molecule has 1 unspecified atom stereocenters. The number of nitrogens with one attached hydrogen (secondary N) is 1. The Bertz CT molecular complexity index is 602. The Morgan fingerprint density at radius 2 is 2.21 bits per heavy atom. The normalized spacial score (nSPS) is 11.9. The minimum atomic E-state index is -1.13. The van der Waals surface area contributed by atoms with Gasteiger partial charge in [-0.1, -0.05) is 0 Å². The zero-order valence-electron chi connectivity index (χ0n) is 10.3. The number of hydrogen-bond donors (Lipinski definition) is 1. The van der Waals surface area contributed by atoms with Crippen molar-refractivity contribution in [3.8, 4) is 6.07 Å². The topological polar surface area (TPSA) is 53.6 Å². The number of nitrogens with zero attached hydrogens (tertiary/aromatic N) is 3. The zero-order valence-corrected chi connectivity index (χ0v) is 10.3. The van der Waals surface area contributed by atoms with Gasteiger partial charge in [-0.15, -0.1) is 0 Å². The van der Waals surface area contributed by atoms with Gasteiger partial charge in [0.15, 0.2) is 11.6 Å². The molecule has 2 rings (SSSR count). The predicted octanol–water partition coefficient (Wildman–Crippen LogP) is 2.53. The first-order valence-corrected chi connectivity index (χ1v) is 5.74. The Morgan fingerprint density at radius 1 is 1.42 bits per heavy atom. The number of rotatable bonds is 4. The SMILES string of the molecule is CC(Cn1cccn1)Nc1ccc(C#N)c(F)c1F. The van der Waals surface area contributed by atoms with Gasteiger partial charge >= 0.3 is 0 Å². The molecule has 0 bridgehead atoms. The molecule has 0 aliphatic heterocycles. The summed E-state index contributed by atoms with van der Waals surface area (Å²) >= 11 is 0. The van der Waals surface area contributed by atoms with E-state index in [0.717, 1.165) is 0 Å². The summed E-state index contributed by atoms with van der Waals surface area (Å²) in [6.45, 7) is 2.35. The van der Waals surface area contributed by atoms with Gasteiger partial charge in [0.05, 0.1) is 17.8 Å². The summed E-state index contributed by atoms with van der Waals surface area (Å²) in [5.41, 5.74) is -0.265. The van der Waals surface area contributed by atoms with E-state index >= 15 is 0 Å². The second-order valence-electron chi connectivity index (χ2n) is 4.17. The maximum absolute atomic E-state index is 13.7. The molecule has 0 amide bonds. The van der Waals surface area contributed by atoms with E-state index in [0.29, 0.717) is 6.54 Å². The highest BCUT2D eigenvalue weighted by Crippen LogP contribution is 2.21. The summed E-state index contributed by atoms with van der Waals surface area (Å²) in [6.07, 6.45) is 3.43. The van der Waals surface area contributed by atoms with Gasteiger partial charge in [0.25, 0.3) is 0 Å². The highest BCUT2D eigenvalue weighted by Gasteiger charge is 2.14. The average Bonchev–Trinajstić information content (AvgIpc) is 2.88. The molecule has 1 aromatic carbocycles. The van der Waals surface area contributed by atoms with Crippen LogP contribution in [-0.2, 0) is 6.54 Å². The van der Waals surface area contributed by atoms with Crippen molar-refractivity contribution in [3.63, 3.8) is 0 Å². The van der Waals surface area contributed by atoms with Gasteiger partial charge in [0.1, 0.15) is 6.07 Å². The lowest BCUT2D eigenvalue weighted by molar-refractivity contribution is 0.503. The van der Waals surface area contributed by atoms with Gasteiger partial charge in [-0.05, 0) is 25.1 Å². The number of anilines is 1. The van der Waals surface area contributed by atoms with Crippen LogP contribution in [0.1, 0.15) is 12.5 Å². The molecule has 0 aliphatic carbocycles. The van der Waals surface area contributed by atoms with Crippen LogP contribution in [0.5, 0.6) is 0 Å². The lowest BCUT2D eigenvalue weighted by atomic mass is 10.2. The highest BCUT2D eigenvalue weighted by atomic mass is 19.2. The quantitative estimate of drug-likeness (QED) is 0.921. The number of halogens is 2. The predicted molar refractivity (Wildman–Crippen MR) is 66.4 cm³/mol. The third kappa shape index (κ3) is 2.88. The van der Waals surface area contributed by atoms with Crippen LogP contribution in [0.4, 0.5) is 14.5 Å². The Kier molecular flexibility index (Phi) is 3.76. The molecular formula is C13H12F2N4. The van der Waals surface area contributed by atoms with E-state index in [1.54, 1.807) is 29.2 Å². The standard InChI is InChI=1S/C13H12F2N4/c1-9(8-19-6-2-5-17-19)18-11-4-3-10(7-16)12(14)13(11)15/h2-6,9,18H,8H2,1H3. The van der Waals surface area contributed by atoms with Crippen molar-refractivity contribution in [3.05, 3.63) is 47.8 Å². The van der Waals surface area contributed by atoms with Crippen molar-refractivity contribution >= 4 is 5.69 Å². The Balaban J connectivity index is 2.11. The summed E-state index contributed by atoms with van der Waals surface area (Å²) < 4.78 is 28.8. The van der Waals surface area contributed by atoms with Crippen LogP contribution in [0.15, 0.2) is 30.6 Å². The van der Waals surface area contributed by atoms with Gasteiger partial charge in [-0.3, -0.25) is 4.68 Å². The Hall–Kier alpha value is -2.42. The van der Waals surface area contributed by atoms with E-state index in [1.807, 2.05) is 6.92 Å². The number of benzene rings is 1. The summed E-state index contributed by atoms with van der Waals surface area (Å²) in [5.74, 6) is -2.16. The largest absolute Gasteiger partial charge is 0.378 e. The van der Waals surface area contributed by atoms with Crippen molar-refractivity contribution in [2.75, 3.05) is 5.32 Å². The third-order valence-electron chi connectivity index (χ3n) is 2.62. The van der Waals surface area contributed by atoms with Crippen LogP contribution < -0.4 is 5.32 Å². The number of aromatic nitrogens is 2. The molecular weight excluding hydrogens is 250 g/mol. The molecule has 4 nitrogen and oxygen atoms in total. The van der Waals surface area contributed by atoms with Gasteiger partial charge in [-0.2, -0.15) is 10.4 Å². The fourth-order valence-corrected chi connectivity index (χ4v) is 1.75. The van der Waals surface area contributed by atoms with Crippen molar-refractivity contribution in [1.82, 2.24) is 9.78 Å². The second kappa shape index (κ2) is 5.48. The highest BCUT2D eigenvalue weighted by molar-refractivity contribution is 5.50. The van der Waals surface area contributed by atoms with Gasteiger partial charge in [0.2, 0.25) is 0 Å². The van der Waals surface area contributed by atoms with E-state index in [9.17, 15) is 8.78 Å². The van der Waals surface area contributed by atoms with Crippen LogP contribution in [-0.4, -0.2) is 15.8 Å². The molecule has 1 atom stereocenters. The smallest absolute Gasteiger partial charge is 0.183 e. The first-order valence-electron chi connectivity index (χ1n) is 5.74. The molecule has 2 aromatic rings. The molecule has 0 aliphatic rings. The number of hydrogen-bond acceptors (Lipinski definition) is 3. The maximum Gasteiger partial charge on any atom is 0.183 e. The van der Waals surface area contributed by atoms with E-state index in [-0.39, 0.29) is 17.3 Å².